The van der Waals surface area contributed by atoms with Gasteiger partial charge in [0.2, 0.25) is 0 Å². The number of piperazine rings is 1. The third kappa shape index (κ3) is 3.04. The Kier molecular flexibility index (Phi) is 3.09. The Morgan fingerprint density at radius 3 is 3.00 bits per heavy atom. The van der Waals surface area contributed by atoms with Crippen LogP contribution in [0.1, 0.15) is 13.8 Å². The lowest BCUT2D eigenvalue weighted by Crippen LogP contribution is -2.49. The van der Waals surface area contributed by atoms with Crippen LogP contribution in [-0.2, 0) is 0 Å². The van der Waals surface area contributed by atoms with Crippen LogP contribution >= 0.6 is 0 Å². The van der Waals surface area contributed by atoms with Crippen LogP contribution in [0.4, 0.5) is 0 Å². The summed E-state index contributed by atoms with van der Waals surface area (Å²) < 4.78 is 0. The van der Waals surface area contributed by atoms with Gasteiger partial charge in [0.25, 0.3) is 0 Å². The van der Waals surface area contributed by atoms with Crippen LogP contribution in [0.3, 0.4) is 0 Å². The second kappa shape index (κ2) is 3.88. The highest BCUT2D eigenvalue weighted by molar-refractivity contribution is 4.93. The first kappa shape index (κ1) is 8.75. The molecule has 1 unspecified atom stereocenters. The van der Waals surface area contributed by atoms with Crippen molar-refractivity contribution in [1.29, 1.82) is 0 Å². The monoisotopic (exact) mass is 154 g/mol. The summed E-state index contributed by atoms with van der Waals surface area (Å²) in [5, 5.41) is 3.41. The molecule has 0 bridgehead atoms. The molecule has 64 valence electrons. The number of nitrogens with zero attached hydrogens (tertiary/aromatic N) is 1. The first-order valence-electron chi connectivity index (χ1n) is 4.28. The van der Waals surface area contributed by atoms with Crippen LogP contribution in [0, 0.1) is 0 Å². The molecule has 1 fully saturated rings. The molecule has 1 rings (SSSR count). The first-order chi connectivity index (χ1) is 5.18. The van der Waals surface area contributed by atoms with Crippen LogP contribution in [0.5, 0.6) is 0 Å². The normalized spacial score (nSPS) is 26.9. The van der Waals surface area contributed by atoms with Gasteiger partial charge in [-0.3, -0.25) is 4.90 Å². The van der Waals surface area contributed by atoms with Gasteiger partial charge in [0.1, 0.15) is 0 Å². The zero-order chi connectivity index (χ0) is 8.27. The van der Waals surface area contributed by atoms with Gasteiger partial charge in [0, 0.05) is 32.2 Å². The molecule has 1 N–H and O–H groups in total. The minimum Gasteiger partial charge on any atom is -0.312 e. The Morgan fingerprint density at radius 1 is 1.73 bits per heavy atom. The van der Waals surface area contributed by atoms with Gasteiger partial charge in [-0.15, -0.1) is 0 Å². The number of hydrogen-bond donors (Lipinski definition) is 1. The van der Waals surface area contributed by atoms with Crippen LogP contribution in [0.15, 0.2) is 12.2 Å². The summed E-state index contributed by atoms with van der Waals surface area (Å²) in [6.07, 6.45) is 0. The van der Waals surface area contributed by atoms with Gasteiger partial charge < -0.3 is 5.32 Å². The first-order valence-corrected chi connectivity index (χ1v) is 4.28. The molecule has 0 radical (unpaired) electrons. The molecule has 0 saturated carbocycles. The average Bonchev–Trinajstić information content (AvgIpc) is 1.85. The number of nitrogens with one attached hydrogen (secondary N) is 1. The Balaban J connectivity index is 2.28. The second-order valence-corrected chi connectivity index (χ2v) is 3.55. The molecule has 0 aromatic carbocycles. The maximum absolute atomic E-state index is 3.91. The summed E-state index contributed by atoms with van der Waals surface area (Å²) in [5.74, 6) is 0. The summed E-state index contributed by atoms with van der Waals surface area (Å²) in [6, 6.07) is 0.642. The minimum atomic E-state index is 0.642. The lowest BCUT2D eigenvalue weighted by Gasteiger charge is -2.31. The standard InChI is InChI=1S/C9H18N2/c1-8(2)6-11-5-4-10-9(3)7-11/h9-10H,1,4-7H2,2-3H3. The van der Waals surface area contributed by atoms with Gasteiger partial charge in [-0.25, -0.2) is 0 Å². The molecule has 2 nitrogen and oxygen atoms in total. The average molecular weight is 154 g/mol. The topological polar surface area (TPSA) is 15.3 Å². The third-order valence-corrected chi connectivity index (χ3v) is 1.95. The van der Waals surface area contributed by atoms with E-state index >= 15 is 0 Å². The van der Waals surface area contributed by atoms with E-state index in [2.05, 4.69) is 30.6 Å². The smallest absolute Gasteiger partial charge is 0.0188 e. The van der Waals surface area contributed by atoms with Crippen LogP contribution in [0.25, 0.3) is 0 Å². The van der Waals surface area contributed by atoms with Gasteiger partial charge in [-0.2, -0.15) is 0 Å². The lowest BCUT2D eigenvalue weighted by molar-refractivity contribution is 0.222. The van der Waals surface area contributed by atoms with Gasteiger partial charge in [-0.05, 0) is 13.8 Å². The van der Waals surface area contributed by atoms with Crippen molar-refractivity contribution in [3.05, 3.63) is 12.2 Å². The summed E-state index contributed by atoms with van der Waals surface area (Å²) in [5.41, 5.74) is 1.26. The van der Waals surface area contributed by atoms with Crippen LogP contribution < -0.4 is 5.32 Å². The zero-order valence-corrected chi connectivity index (χ0v) is 7.56. The fourth-order valence-electron chi connectivity index (χ4n) is 1.54. The van der Waals surface area contributed by atoms with Gasteiger partial charge >= 0.3 is 0 Å². The van der Waals surface area contributed by atoms with Crippen molar-refractivity contribution < 1.29 is 0 Å². The van der Waals surface area contributed by atoms with E-state index in [4.69, 9.17) is 0 Å². The molecule has 0 aromatic rings. The van der Waals surface area contributed by atoms with E-state index in [0.29, 0.717) is 6.04 Å². The number of rotatable bonds is 2. The molecule has 1 aliphatic heterocycles. The van der Waals surface area contributed by atoms with E-state index in [-0.39, 0.29) is 0 Å². The van der Waals surface area contributed by atoms with Crippen molar-refractivity contribution in [2.24, 2.45) is 0 Å². The molecule has 2 heteroatoms. The summed E-state index contributed by atoms with van der Waals surface area (Å²) in [6.45, 7) is 12.7. The van der Waals surface area contributed by atoms with E-state index in [1.807, 2.05) is 0 Å². The largest absolute Gasteiger partial charge is 0.312 e. The third-order valence-electron chi connectivity index (χ3n) is 1.95. The van der Waals surface area contributed by atoms with Crippen molar-refractivity contribution in [1.82, 2.24) is 10.2 Å². The predicted molar refractivity (Wildman–Crippen MR) is 48.7 cm³/mol. The van der Waals surface area contributed by atoms with Crippen molar-refractivity contribution in [3.8, 4) is 0 Å². The SMILES string of the molecule is C=C(C)CN1CCNC(C)C1. The highest BCUT2D eigenvalue weighted by Gasteiger charge is 2.14. The highest BCUT2D eigenvalue weighted by atomic mass is 15.2. The molecular formula is C9H18N2. The molecule has 0 spiro atoms. The highest BCUT2D eigenvalue weighted by Crippen LogP contribution is 2.00. The Bertz CT molecular complexity index is 142. The van der Waals surface area contributed by atoms with Crippen molar-refractivity contribution in [2.75, 3.05) is 26.2 Å². The quantitative estimate of drug-likeness (QED) is 0.593. The predicted octanol–water partition coefficient (Wildman–Crippen LogP) is 0.856. The molecule has 1 saturated heterocycles. The minimum absolute atomic E-state index is 0.642. The van der Waals surface area contributed by atoms with Crippen molar-refractivity contribution in [3.63, 3.8) is 0 Å². The van der Waals surface area contributed by atoms with E-state index in [1.54, 1.807) is 0 Å². The summed E-state index contributed by atoms with van der Waals surface area (Å²) in [7, 11) is 0. The Morgan fingerprint density at radius 2 is 2.45 bits per heavy atom. The maximum Gasteiger partial charge on any atom is 0.0188 e. The van der Waals surface area contributed by atoms with Gasteiger partial charge in [0.05, 0.1) is 0 Å². The zero-order valence-electron chi connectivity index (χ0n) is 7.56. The van der Waals surface area contributed by atoms with Crippen molar-refractivity contribution in [2.45, 2.75) is 19.9 Å². The van der Waals surface area contributed by atoms with E-state index < -0.39 is 0 Å². The molecule has 11 heavy (non-hydrogen) atoms. The van der Waals surface area contributed by atoms with Crippen molar-refractivity contribution >= 4 is 0 Å². The molecule has 1 heterocycles. The van der Waals surface area contributed by atoms with E-state index in [0.717, 1.165) is 26.2 Å². The van der Waals surface area contributed by atoms with E-state index in [9.17, 15) is 0 Å². The van der Waals surface area contributed by atoms with Crippen LogP contribution in [0.2, 0.25) is 0 Å². The maximum atomic E-state index is 3.91. The Labute approximate surface area is 69.3 Å². The summed E-state index contributed by atoms with van der Waals surface area (Å²) >= 11 is 0. The fourth-order valence-corrected chi connectivity index (χ4v) is 1.54. The van der Waals surface area contributed by atoms with Crippen LogP contribution in [-0.4, -0.2) is 37.1 Å². The van der Waals surface area contributed by atoms with Gasteiger partial charge in [0.15, 0.2) is 0 Å². The molecular weight excluding hydrogens is 136 g/mol. The second-order valence-electron chi connectivity index (χ2n) is 3.55. The van der Waals surface area contributed by atoms with Gasteiger partial charge in [-0.1, -0.05) is 12.2 Å². The molecule has 1 aliphatic rings. The summed E-state index contributed by atoms with van der Waals surface area (Å²) in [4.78, 5) is 2.45. The molecule has 0 aliphatic carbocycles. The fraction of sp³-hybridized carbons (Fsp3) is 0.778. The Hall–Kier alpha value is -0.340. The molecule has 0 amide bonds. The lowest BCUT2D eigenvalue weighted by atomic mass is 10.2. The number of hydrogen-bond acceptors (Lipinski definition) is 2. The molecule has 0 aromatic heterocycles. The van der Waals surface area contributed by atoms with E-state index in [1.165, 1.54) is 5.57 Å². The molecule has 1 atom stereocenters.